The molecule has 19 heavy (non-hydrogen) atoms. The fourth-order valence-corrected chi connectivity index (χ4v) is 4.58. The van der Waals surface area contributed by atoms with Crippen LogP contribution in [0, 0.1) is 6.92 Å². The van der Waals surface area contributed by atoms with Crippen LogP contribution >= 0.6 is 0 Å². The highest BCUT2D eigenvalue weighted by molar-refractivity contribution is 7.89. The predicted molar refractivity (Wildman–Crippen MR) is 77.5 cm³/mol. The molecule has 1 aromatic carbocycles. The first-order valence-electron chi connectivity index (χ1n) is 6.59. The molecule has 1 aromatic rings. The van der Waals surface area contributed by atoms with Crippen LogP contribution in [0.15, 0.2) is 41.3 Å². The quantitative estimate of drug-likeness (QED) is 0.797. The standard InChI is InChI=1S/C15H21NO2S/c1-11(2)15-10-7-13(4)16(15)19(17,18)14-8-5-12(3)6-9-14/h5-6,8-9,13,15H,1,7,10H2,2-4H3. The molecule has 3 nitrogen and oxygen atoms in total. The third-order valence-electron chi connectivity index (χ3n) is 3.76. The zero-order valence-electron chi connectivity index (χ0n) is 11.8. The second kappa shape index (κ2) is 5.10. The molecule has 1 fully saturated rings. The average molecular weight is 279 g/mol. The third kappa shape index (κ3) is 2.60. The van der Waals surface area contributed by atoms with Crippen molar-refractivity contribution in [3.63, 3.8) is 0 Å². The maximum Gasteiger partial charge on any atom is 0.243 e. The van der Waals surface area contributed by atoms with E-state index in [0.29, 0.717) is 4.90 Å². The van der Waals surface area contributed by atoms with E-state index in [2.05, 4.69) is 6.58 Å². The number of aryl methyl sites for hydroxylation is 1. The second-order valence-electron chi connectivity index (χ2n) is 5.44. The lowest BCUT2D eigenvalue weighted by atomic mass is 10.1. The Labute approximate surface area is 116 Å². The fourth-order valence-electron chi connectivity index (χ4n) is 2.66. The summed E-state index contributed by atoms with van der Waals surface area (Å²) in [7, 11) is -3.43. The molecule has 0 amide bonds. The maximum atomic E-state index is 12.8. The Kier molecular flexibility index (Phi) is 3.83. The van der Waals surface area contributed by atoms with Crippen LogP contribution in [-0.4, -0.2) is 24.8 Å². The van der Waals surface area contributed by atoms with Crippen molar-refractivity contribution in [3.8, 4) is 0 Å². The van der Waals surface area contributed by atoms with E-state index in [4.69, 9.17) is 0 Å². The topological polar surface area (TPSA) is 37.4 Å². The molecule has 2 rings (SSSR count). The molecule has 1 aliphatic rings. The SMILES string of the molecule is C=C(C)C1CCC(C)N1S(=O)(=O)c1ccc(C)cc1. The Morgan fingerprint density at radius 1 is 1.26 bits per heavy atom. The van der Waals surface area contributed by atoms with Gasteiger partial charge in [0.1, 0.15) is 0 Å². The second-order valence-corrected chi connectivity index (χ2v) is 7.28. The minimum Gasteiger partial charge on any atom is -0.207 e. The summed E-state index contributed by atoms with van der Waals surface area (Å²) >= 11 is 0. The molecule has 4 heteroatoms. The number of benzene rings is 1. The highest BCUT2D eigenvalue weighted by Gasteiger charge is 2.40. The van der Waals surface area contributed by atoms with Crippen molar-refractivity contribution in [2.24, 2.45) is 0 Å². The Hall–Kier alpha value is -1.13. The van der Waals surface area contributed by atoms with Gasteiger partial charge in [-0.2, -0.15) is 4.31 Å². The van der Waals surface area contributed by atoms with Gasteiger partial charge in [0.05, 0.1) is 4.90 Å². The van der Waals surface area contributed by atoms with E-state index in [0.717, 1.165) is 24.0 Å². The summed E-state index contributed by atoms with van der Waals surface area (Å²) in [5, 5.41) is 0. The molecule has 1 aliphatic heterocycles. The average Bonchev–Trinajstić information content (AvgIpc) is 2.72. The van der Waals surface area contributed by atoms with Gasteiger partial charge >= 0.3 is 0 Å². The van der Waals surface area contributed by atoms with Crippen LogP contribution in [0.4, 0.5) is 0 Å². The fraction of sp³-hybridized carbons (Fsp3) is 0.467. The number of hydrogen-bond donors (Lipinski definition) is 0. The maximum absolute atomic E-state index is 12.8. The van der Waals surface area contributed by atoms with Crippen molar-refractivity contribution in [1.82, 2.24) is 4.31 Å². The summed E-state index contributed by atoms with van der Waals surface area (Å²) in [5.41, 5.74) is 1.98. The minimum absolute atomic E-state index is 0.0352. The van der Waals surface area contributed by atoms with E-state index in [1.54, 1.807) is 16.4 Å². The van der Waals surface area contributed by atoms with Crippen LogP contribution in [0.1, 0.15) is 32.3 Å². The third-order valence-corrected chi connectivity index (χ3v) is 5.80. The van der Waals surface area contributed by atoms with Crippen molar-refractivity contribution in [3.05, 3.63) is 42.0 Å². The van der Waals surface area contributed by atoms with Gasteiger partial charge in [0.2, 0.25) is 10.0 Å². The summed E-state index contributed by atoms with van der Waals surface area (Å²) in [6.45, 7) is 9.76. The van der Waals surface area contributed by atoms with Gasteiger partial charge in [-0.3, -0.25) is 0 Å². The molecule has 0 saturated carbocycles. The van der Waals surface area contributed by atoms with E-state index < -0.39 is 10.0 Å². The van der Waals surface area contributed by atoms with Crippen molar-refractivity contribution in [2.75, 3.05) is 0 Å². The Morgan fingerprint density at radius 2 is 1.84 bits per heavy atom. The zero-order chi connectivity index (χ0) is 14.2. The molecule has 1 heterocycles. The molecule has 0 radical (unpaired) electrons. The minimum atomic E-state index is -3.43. The van der Waals surface area contributed by atoms with Crippen molar-refractivity contribution in [1.29, 1.82) is 0 Å². The van der Waals surface area contributed by atoms with Crippen LogP contribution in [0.3, 0.4) is 0 Å². The van der Waals surface area contributed by atoms with Gasteiger partial charge in [-0.25, -0.2) is 8.42 Å². The van der Waals surface area contributed by atoms with Gasteiger partial charge in [0.15, 0.2) is 0 Å². The van der Waals surface area contributed by atoms with Gasteiger partial charge in [-0.15, -0.1) is 0 Å². The molecule has 1 saturated heterocycles. The number of nitrogens with zero attached hydrogens (tertiary/aromatic N) is 1. The van der Waals surface area contributed by atoms with E-state index >= 15 is 0 Å². The molecule has 0 spiro atoms. The molecule has 2 atom stereocenters. The molecule has 2 unspecified atom stereocenters. The van der Waals surface area contributed by atoms with Gasteiger partial charge in [0, 0.05) is 12.1 Å². The van der Waals surface area contributed by atoms with Crippen molar-refractivity contribution in [2.45, 2.75) is 50.6 Å². The number of rotatable bonds is 3. The summed E-state index contributed by atoms with van der Waals surface area (Å²) in [5.74, 6) is 0. The first-order chi connectivity index (χ1) is 8.84. The van der Waals surface area contributed by atoms with Gasteiger partial charge < -0.3 is 0 Å². The molecule has 0 aliphatic carbocycles. The van der Waals surface area contributed by atoms with Crippen molar-refractivity contribution < 1.29 is 8.42 Å². The van der Waals surface area contributed by atoms with Crippen LogP contribution in [0.2, 0.25) is 0 Å². The molecular formula is C15H21NO2S. The van der Waals surface area contributed by atoms with Crippen LogP contribution in [-0.2, 0) is 10.0 Å². The lowest BCUT2D eigenvalue weighted by Crippen LogP contribution is -2.40. The van der Waals surface area contributed by atoms with Crippen LogP contribution in [0.25, 0.3) is 0 Å². The summed E-state index contributed by atoms with van der Waals surface area (Å²) < 4.78 is 27.1. The number of sulfonamides is 1. The predicted octanol–water partition coefficient (Wildman–Crippen LogP) is 3.11. The molecule has 0 N–H and O–H groups in total. The molecular weight excluding hydrogens is 258 g/mol. The van der Waals surface area contributed by atoms with Crippen LogP contribution < -0.4 is 0 Å². The Bertz CT molecular complexity index is 575. The van der Waals surface area contributed by atoms with Gasteiger partial charge in [-0.05, 0) is 45.7 Å². The van der Waals surface area contributed by atoms with E-state index in [1.807, 2.05) is 32.9 Å². The van der Waals surface area contributed by atoms with E-state index in [9.17, 15) is 8.42 Å². The lowest BCUT2D eigenvalue weighted by Gasteiger charge is -2.28. The van der Waals surface area contributed by atoms with Crippen LogP contribution in [0.5, 0.6) is 0 Å². The van der Waals surface area contributed by atoms with Crippen molar-refractivity contribution >= 4 is 10.0 Å². The summed E-state index contributed by atoms with van der Waals surface area (Å²) in [6.07, 6.45) is 1.75. The molecule has 0 bridgehead atoms. The molecule has 104 valence electrons. The normalized spacial score (nSPS) is 24.6. The Morgan fingerprint density at radius 3 is 2.37 bits per heavy atom. The largest absolute Gasteiger partial charge is 0.243 e. The van der Waals surface area contributed by atoms with Gasteiger partial charge in [-0.1, -0.05) is 29.8 Å². The zero-order valence-corrected chi connectivity index (χ0v) is 12.6. The van der Waals surface area contributed by atoms with E-state index in [-0.39, 0.29) is 12.1 Å². The summed E-state index contributed by atoms with van der Waals surface area (Å²) in [4.78, 5) is 0.373. The smallest absolute Gasteiger partial charge is 0.207 e. The number of hydrogen-bond acceptors (Lipinski definition) is 2. The van der Waals surface area contributed by atoms with E-state index in [1.165, 1.54) is 0 Å². The summed E-state index contributed by atoms with van der Waals surface area (Å²) in [6, 6.07) is 7.01. The highest BCUT2D eigenvalue weighted by Crippen LogP contribution is 2.33. The molecule has 0 aromatic heterocycles. The van der Waals surface area contributed by atoms with Gasteiger partial charge in [0.25, 0.3) is 0 Å². The monoisotopic (exact) mass is 279 g/mol. The first-order valence-corrected chi connectivity index (χ1v) is 8.03. The first kappa shape index (κ1) is 14.3. The lowest BCUT2D eigenvalue weighted by molar-refractivity contribution is 0.361. The Balaban J connectivity index is 2.43. The highest BCUT2D eigenvalue weighted by atomic mass is 32.2.